The molecule has 1 unspecified atom stereocenters. The number of aromatic nitrogens is 2. The number of hydrogen-bond acceptors (Lipinski definition) is 3. The second-order valence-corrected chi connectivity index (χ2v) is 3.87. The molecule has 0 radical (unpaired) electrons. The van der Waals surface area contributed by atoms with Gasteiger partial charge in [0.2, 0.25) is 0 Å². The molecule has 0 amide bonds. The molecule has 1 fully saturated rings. The zero-order valence-corrected chi connectivity index (χ0v) is 8.64. The summed E-state index contributed by atoms with van der Waals surface area (Å²) in [5.74, 6) is -0.108. The Morgan fingerprint density at radius 1 is 1.50 bits per heavy atom. The maximum absolute atomic E-state index is 5.60. The minimum atomic E-state index is -0.426. The summed E-state index contributed by atoms with van der Waals surface area (Å²) in [6.45, 7) is 6.40. The van der Waals surface area contributed by atoms with Crippen molar-refractivity contribution in [2.75, 3.05) is 13.2 Å². The summed E-state index contributed by atoms with van der Waals surface area (Å²) in [4.78, 5) is 4.01. The molecule has 0 aliphatic carbocycles. The normalized spacial score (nSPS) is 22.4. The number of rotatable bonds is 3. The Labute approximate surface area is 83.8 Å². The molecular weight excluding hydrogens is 180 g/mol. The summed E-state index contributed by atoms with van der Waals surface area (Å²) < 4.78 is 13.2. The highest BCUT2D eigenvalue weighted by Gasteiger charge is 2.36. The third-order valence-corrected chi connectivity index (χ3v) is 2.80. The van der Waals surface area contributed by atoms with Crippen molar-refractivity contribution in [1.82, 2.24) is 9.55 Å². The second-order valence-electron chi connectivity index (χ2n) is 3.87. The van der Waals surface area contributed by atoms with E-state index in [0.717, 1.165) is 6.54 Å². The van der Waals surface area contributed by atoms with Crippen LogP contribution in [0.1, 0.15) is 13.8 Å². The van der Waals surface area contributed by atoms with Crippen molar-refractivity contribution in [2.45, 2.75) is 26.2 Å². The summed E-state index contributed by atoms with van der Waals surface area (Å²) in [6, 6.07) is 0. The van der Waals surface area contributed by atoms with E-state index >= 15 is 0 Å². The Bertz CT molecular complexity index is 278. The number of ether oxygens (including phenoxy) is 2. The van der Waals surface area contributed by atoms with Gasteiger partial charge in [0.05, 0.1) is 19.5 Å². The Balaban J connectivity index is 1.98. The molecule has 0 saturated carbocycles. The highest BCUT2D eigenvalue weighted by Crippen LogP contribution is 2.28. The quantitative estimate of drug-likeness (QED) is 0.730. The molecule has 1 atom stereocenters. The zero-order valence-electron chi connectivity index (χ0n) is 8.64. The molecule has 1 aromatic heterocycles. The maximum Gasteiger partial charge on any atom is 0.169 e. The summed E-state index contributed by atoms with van der Waals surface area (Å²) in [7, 11) is 0. The van der Waals surface area contributed by atoms with Gasteiger partial charge in [0.25, 0.3) is 0 Å². The van der Waals surface area contributed by atoms with Crippen molar-refractivity contribution < 1.29 is 9.47 Å². The molecule has 1 aliphatic rings. The Hall–Kier alpha value is -0.870. The van der Waals surface area contributed by atoms with E-state index in [9.17, 15) is 0 Å². The lowest BCUT2D eigenvalue weighted by Crippen LogP contribution is -2.36. The number of nitrogens with zero attached hydrogens (tertiary/aromatic N) is 2. The van der Waals surface area contributed by atoms with Crippen LogP contribution >= 0.6 is 0 Å². The Morgan fingerprint density at radius 3 is 2.79 bits per heavy atom. The lowest BCUT2D eigenvalue weighted by molar-refractivity contribution is -0.180. The Kier molecular flexibility index (Phi) is 2.56. The van der Waals surface area contributed by atoms with Crippen LogP contribution in [0.15, 0.2) is 18.7 Å². The van der Waals surface area contributed by atoms with Crippen LogP contribution in [-0.2, 0) is 16.0 Å². The first-order chi connectivity index (χ1) is 6.71. The van der Waals surface area contributed by atoms with Crippen molar-refractivity contribution in [3.05, 3.63) is 18.7 Å². The molecule has 2 heterocycles. The summed E-state index contributed by atoms with van der Waals surface area (Å²) in [5.41, 5.74) is 0. The van der Waals surface area contributed by atoms with Gasteiger partial charge >= 0.3 is 0 Å². The monoisotopic (exact) mass is 196 g/mol. The summed E-state index contributed by atoms with van der Waals surface area (Å²) in [5, 5.41) is 0. The average Bonchev–Trinajstić information content (AvgIpc) is 2.76. The van der Waals surface area contributed by atoms with Crippen molar-refractivity contribution in [3.8, 4) is 0 Å². The first kappa shape index (κ1) is 9.68. The van der Waals surface area contributed by atoms with Crippen LogP contribution in [0.4, 0.5) is 0 Å². The third kappa shape index (κ3) is 1.81. The molecular formula is C10H16N2O2. The van der Waals surface area contributed by atoms with E-state index in [0.29, 0.717) is 19.1 Å². The van der Waals surface area contributed by atoms with Crippen molar-refractivity contribution in [3.63, 3.8) is 0 Å². The van der Waals surface area contributed by atoms with Crippen LogP contribution < -0.4 is 0 Å². The van der Waals surface area contributed by atoms with E-state index < -0.39 is 5.79 Å². The second kappa shape index (κ2) is 3.71. The van der Waals surface area contributed by atoms with Crippen molar-refractivity contribution >= 4 is 0 Å². The predicted molar refractivity (Wildman–Crippen MR) is 51.7 cm³/mol. The minimum Gasteiger partial charge on any atom is -0.347 e. The van der Waals surface area contributed by atoms with Gasteiger partial charge in [-0.25, -0.2) is 4.98 Å². The molecule has 14 heavy (non-hydrogen) atoms. The number of imidazole rings is 1. The third-order valence-electron chi connectivity index (χ3n) is 2.80. The standard InChI is InChI=1S/C10H16N2O2/c1-9(7-12-4-3-11-8-12)10(2)13-5-6-14-10/h3-4,8-9H,5-7H2,1-2H3. The molecule has 0 bridgehead atoms. The van der Waals surface area contributed by atoms with Crippen LogP contribution in [0.2, 0.25) is 0 Å². The van der Waals surface area contributed by atoms with E-state index in [1.54, 1.807) is 6.20 Å². The lowest BCUT2D eigenvalue weighted by atomic mass is 10.0. The highest BCUT2D eigenvalue weighted by molar-refractivity contribution is 4.80. The predicted octanol–water partition coefficient (Wildman–Crippen LogP) is 1.28. The van der Waals surface area contributed by atoms with Crippen LogP contribution in [0, 0.1) is 5.92 Å². The van der Waals surface area contributed by atoms with Gasteiger partial charge in [0.15, 0.2) is 5.79 Å². The fourth-order valence-corrected chi connectivity index (χ4v) is 1.69. The van der Waals surface area contributed by atoms with Crippen molar-refractivity contribution in [1.29, 1.82) is 0 Å². The van der Waals surface area contributed by atoms with E-state index in [2.05, 4.69) is 11.9 Å². The van der Waals surface area contributed by atoms with Crippen LogP contribution in [0.5, 0.6) is 0 Å². The fourth-order valence-electron chi connectivity index (χ4n) is 1.69. The summed E-state index contributed by atoms with van der Waals surface area (Å²) in [6.07, 6.45) is 5.55. The van der Waals surface area contributed by atoms with Gasteiger partial charge in [-0.1, -0.05) is 6.92 Å². The van der Waals surface area contributed by atoms with Crippen LogP contribution in [0.25, 0.3) is 0 Å². The fraction of sp³-hybridized carbons (Fsp3) is 0.700. The zero-order chi connectivity index (χ0) is 10.0. The average molecular weight is 196 g/mol. The molecule has 1 saturated heterocycles. The van der Waals surface area contributed by atoms with Crippen LogP contribution in [0.3, 0.4) is 0 Å². The molecule has 0 spiro atoms. The molecule has 4 nitrogen and oxygen atoms in total. The molecule has 0 aromatic carbocycles. The van der Waals surface area contributed by atoms with Gasteiger partial charge in [0, 0.05) is 24.9 Å². The van der Waals surface area contributed by atoms with Crippen molar-refractivity contribution in [2.24, 2.45) is 5.92 Å². The molecule has 1 aliphatic heterocycles. The SMILES string of the molecule is CC(Cn1ccnc1)C1(C)OCCO1. The first-order valence-corrected chi connectivity index (χ1v) is 4.94. The topological polar surface area (TPSA) is 36.3 Å². The van der Waals surface area contributed by atoms with E-state index in [1.165, 1.54) is 0 Å². The summed E-state index contributed by atoms with van der Waals surface area (Å²) >= 11 is 0. The van der Waals surface area contributed by atoms with Gasteiger partial charge in [-0.05, 0) is 6.92 Å². The number of hydrogen-bond donors (Lipinski definition) is 0. The van der Waals surface area contributed by atoms with Gasteiger partial charge in [-0.3, -0.25) is 0 Å². The smallest absolute Gasteiger partial charge is 0.169 e. The molecule has 2 rings (SSSR count). The molecule has 0 N–H and O–H groups in total. The van der Waals surface area contributed by atoms with Gasteiger partial charge < -0.3 is 14.0 Å². The molecule has 4 heteroatoms. The largest absolute Gasteiger partial charge is 0.347 e. The van der Waals surface area contributed by atoms with E-state index in [-0.39, 0.29) is 0 Å². The maximum atomic E-state index is 5.60. The van der Waals surface area contributed by atoms with Gasteiger partial charge in [0.1, 0.15) is 0 Å². The van der Waals surface area contributed by atoms with Gasteiger partial charge in [-0.15, -0.1) is 0 Å². The molecule has 1 aromatic rings. The van der Waals surface area contributed by atoms with E-state index in [4.69, 9.17) is 9.47 Å². The van der Waals surface area contributed by atoms with Gasteiger partial charge in [-0.2, -0.15) is 0 Å². The minimum absolute atomic E-state index is 0.319. The highest BCUT2D eigenvalue weighted by atomic mass is 16.7. The molecule has 78 valence electrons. The first-order valence-electron chi connectivity index (χ1n) is 4.94. The lowest BCUT2D eigenvalue weighted by Gasteiger charge is -2.29. The van der Waals surface area contributed by atoms with E-state index in [1.807, 2.05) is 24.0 Å². The van der Waals surface area contributed by atoms with Crippen LogP contribution in [-0.4, -0.2) is 28.6 Å². The Morgan fingerprint density at radius 2 is 2.21 bits per heavy atom.